The summed E-state index contributed by atoms with van der Waals surface area (Å²) in [6.07, 6.45) is 6.16. The molecule has 2 fully saturated rings. The van der Waals surface area contributed by atoms with Gasteiger partial charge in [-0.25, -0.2) is 0 Å². The van der Waals surface area contributed by atoms with Gasteiger partial charge in [-0.05, 0) is 57.0 Å². The van der Waals surface area contributed by atoms with Crippen molar-refractivity contribution in [3.63, 3.8) is 0 Å². The average Bonchev–Trinajstić information content (AvgIpc) is 3.03. The maximum absolute atomic E-state index is 11.9. The zero-order chi connectivity index (χ0) is 15.7. The van der Waals surface area contributed by atoms with E-state index in [0.29, 0.717) is 11.5 Å². The van der Waals surface area contributed by atoms with E-state index in [9.17, 15) is 9.90 Å². The van der Waals surface area contributed by atoms with Crippen LogP contribution in [0.3, 0.4) is 0 Å². The van der Waals surface area contributed by atoms with Crippen LogP contribution in [-0.2, 0) is 4.79 Å². The van der Waals surface area contributed by atoms with Crippen LogP contribution in [0.25, 0.3) is 0 Å². The molecule has 0 amide bonds. The Kier molecular flexibility index (Phi) is 4.99. The van der Waals surface area contributed by atoms with Crippen molar-refractivity contribution in [1.29, 1.82) is 0 Å². The molecule has 2 aliphatic carbocycles. The Balaban J connectivity index is 1.92. The van der Waals surface area contributed by atoms with Gasteiger partial charge >= 0.3 is 5.97 Å². The van der Waals surface area contributed by atoms with Gasteiger partial charge < -0.3 is 10.0 Å². The van der Waals surface area contributed by atoms with Crippen LogP contribution < -0.4 is 5.32 Å². The fourth-order valence-electron chi connectivity index (χ4n) is 3.86. The monoisotopic (exact) mass is 296 g/mol. The molecule has 2 atom stereocenters. The zero-order valence-electron chi connectivity index (χ0n) is 14.1. The van der Waals surface area contributed by atoms with Crippen LogP contribution in [0, 0.1) is 11.3 Å². The molecule has 0 bridgehead atoms. The highest BCUT2D eigenvalue weighted by molar-refractivity contribution is 5.80. The molecule has 4 nitrogen and oxygen atoms in total. The molecule has 0 spiro atoms. The van der Waals surface area contributed by atoms with E-state index in [0.717, 1.165) is 51.6 Å². The van der Waals surface area contributed by atoms with Gasteiger partial charge in [-0.3, -0.25) is 10.1 Å². The fourth-order valence-corrected chi connectivity index (χ4v) is 3.86. The third-order valence-electron chi connectivity index (χ3n) is 4.84. The van der Waals surface area contributed by atoms with Gasteiger partial charge in [0.1, 0.15) is 5.54 Å². The van der Waals surface area contributed by atoms with E-state index < -0.39 is 11.5 Å². The molecule has 2 unspecified atom stereocenters. The summed E-state index contributed by atoms with van der Waals surface area (Å²) in [6, 6.07) is 0.453. The van der Waals surface area contributed by atoms with Crippen molar-refractivity contribution in [2.24, 2.45) is 11.3 Å². The second kappa shape index (κ2) is 6.25. The maximum Gasteiger partial charge on any atom is 0.324 e. The number of rotatable bonds is 7. The lowest BCUT2D eigenvalue weighted by atomic mass is 9.84. The van der Waals surface area contributed by atoms with E-state index in [4.69, 9.17) is 0 Å². The summed E-state index contributed by atoms with van der Waals surface area (Å²) in [5, 5.41) is 13.3. The highest BCUT2D eigenvalue weighted by Crippen LogP contribution is 2.40. The second-order valence-electron chi connectivity index (χ2n) is 8.37. The van der Waals surface area contributed by atoms with E-state index in [1.54, 1.807) is 0 Å². The molecule has 0 aromatic carbocycles. The Morgan fingerprint density at radius 2 is 2.00 bits per heavy atom. The lowest BCUT2D eigenvalue weighted by Gasteiger charge is -2.34. The van der Waals surface area contributed by atoms with E-state index in [1.165, 1.54) is 0 Å². The highest BCUT2D eigenvalue weighted by atomic mass is 16.4. The molecule has 0 aromatic heterocycles. The molecule has 4 heteroatoms. The molecule has 2 N–H and O–H groups in total. The van der Waals surface area contributed by atoms with Crippen LogP contribution in [0.2, 0.25) is 0 Å². The lowest BCUT2D eigenvalue weighted by molar-refractivity contribution is -0.147. The Labute approximate surface area is 129 Å². The summed E-state index contributed by atoms with van der Waals surface area (Å²) in [7, 11) is 2.15. The number of nitrogens with zero attached hydrogens (tertiary/aromatic N) is 1. The van der Waals surface area contributed by atoms with Gasteiger partial charge in [-0.2, -0.15) is 0 Å². The van der Waals surface area contributed by atoms with Crippen molar-refractivity contribution < 1.29 is 9.90 Å². The first-order valence-corrected chi connectivity index (χ1v) is 8.42. The van der Waals surface area contributed by atoms with E-state index >= 15 is 0 Å². The number of hydrogen-bond donors (Lipinski definition) is 2. The fraction of sp³-hybridized carbons (Fsp3) is 0.941. The summed E-state index contributed by atoms with van der Waals surface area (Å²) in [5.41, 5.74) is -0.357. The van der Waals surface area contributed by atoms with Crippen LogP contribution in [0.15, 0.2) is 0 Å². The number of aliphatic carboxylic acids is 1. The first kappa shape index (κ1) is 16.8. The number of carbonyl (C=O) groups is 1. The second-order valence-corrected chi connectivity index (χ2v) is 8.37. The smallest absolute Gasteiger partial charge is 0.324 e. The summed E-state index contributed by atoms with van der Waals surface area (Å²) in [6.45, 7) is 8.78. The summed E-state index contributed by atoms with van der Waals surface area (Å²) in [4.78, 5) is 14.2. The SMILES string of the molecule is CN(CCC1CCCC1(NC1CC1)C(=O)O)CC(C)(C)C. The number of carboxylic acid groups (broad SMARTS) is 1. The van der Waals surface area contributed by atoms with Crippen LogP contribution in [0.1, 0.15) is 59.3 Å². The molecular formula is C17H32N2O2. The molecule has 0 radical (unpaired) electrons. The lowest BCUT2D eigenvalue weighted by Crippen LogP contribution is -2.56. The van der Waals surface area contributed by atoms with Gasteiger partial charge in [0.15, 0.2) is 0 Å². The molecule has 0 aromatic rings. The minimum Gasteiger partial charge on any atom is -0.480 e. The molecule has 0 saturated heterocycles. The summed E-state index contributed by atoms with van der Waals surface area (Å²) >= 11 is 0. The van der Waals surface area contributed by atoms with E-state index in [-0.39, 0.29) is 5.92 Å². The standard InChI is InChI=1S/C17H32N2O2/c1-16(2,3)12-19(4)11-9-13-6-5-10-17(13,15(20)21)18-14-7-8-14/h13-14,18H,5-12H2,1-4H3,(H,20,21). The van der Waals surface area contributed by atoms with Crippen LogP contribution in [0.4, 0.5) is 0 Å². The van der Waals surface area contributed by atoms with Gasteiger partial charge in [0.25, 0.3) is 0 Å². The largest absolute Gasteiger partial charge is 0.480 e. The minimum atomic E-state index is -0.649. The minimum absolute atomic E-state index is 0.276. The molecule has 21 heavy (non-hydrogen) atoms. The first-order chi connectivity index (χ1) is 9.73. The highest BCUT2D eigenvalue weighted by Gasteiger charge is 2.51. The van der Waals surface area contributed by atoms with Crippen molar-refractivity contribution in [1.82, 2.24) is 10.2 Å². The normalized spacial score (nSPS) is 30.0. The molecule has 2 saturated carbocycles. The molecule has 2 rings (SSSR count). The summed E-state index contributed by atoms with van der Waals surface area (Å²) < 4.78 is 0. The average molecular weight is 296 g/mol. The van der Waals surface area contributed by atoms with Crippen molar-refractivity contribution in [2.45, 2.75) is 70.9 Å². The van der Waals surface area contributed by atoms with E-state index in [2.05, 4.69) is 38.0 Å². The van der Waals surface area contributed by atoms with Crippen LogP contribution in [0.5, 0.6) is 0 Å². The molecule has 2 aliphatic rings. The third-order valence-corrected chi connectivity index (χ3v) is 4.84. The Bertz CT molecular complexity index is 373. The summed E-state index contributed by atoms with van der Waals surface area (Å²) in [5.74, 6) is -0.353. The van der Waals surface area contributed by atoms with Crippen molar-refractivity contribution >= 4 is 5.97 Å². The van der Waals surface area contributed by atoms with Gasteiger partial charge in [0.2, 0.25) is 0 Å². The van der Waals surface area contributed by atoms with Crippen molar-refractivity contribution in [3.05, 3.63) is 0 Å². The van der Waals surface area contributed by atoms with Crippen LogP contribution >= 0.6 is 0 Å². The maximum atomic E-state index is 11.9. The Morgan fingerprint density at radius 3 is 2.52 bits per heavy atom. The molecule has 122 valence electrons. The topological polar surface area (TPSA) is 52.6 Å². The zero-order valence-corrected chi connectivity index (χ0v) is 14.1. The van der Waals surface area contributed by atoms with Crippen molar-refractivity contribution in [2.75, 3.05) is 20.1 Å². The predicted molar refractivity (Wildman–Crippen MR) is 85.4 cm³/mol. The van der Waals surface area contributed by atoms with E-state index in [1.807, 2.05) is 0 Å². The number of nitrogens with one attached hydrogen (secondary N) is 1. The van der Waals surface area contributed by atoms with Gasteiger partial charge in [-0.15, -0.1) is 0 Å². The Morgan fingerprint density at radius 1 is 1.33 bits per heavy atom. The van der Waals surface area contributed by atoms with Gasteiger partial charge in [-0.1, -0.05) is 27.2 Å². The van der Waals surface area contributed by atoms with Crippen molar-refractivity contribution in [3.8, 4) is 0 Å². The number of hydrogen-bond acceptors (Lipinski definition) is 3. The Hall–Kier alpha value is -0.610. The molecular weight excluding hydrogens is 264 g/mol. The molecule has 0 heterocycles. The first-order valence-electron chi connectivity index (χ1n) is 8.42. The third kappa shape index (κ3) is 4.43. The molecule has 0 aliphatic heterocycles. The van der Waals surface area contributed by atoms with Gasteiger partial charge in [0.05, 0.1) is 0 Å². The quantitative estimate of drug-likeness (QED) is 0.758. The van der Waals surface area contributed by atoms with Crippen LogP contribution in [-0.4, -0.2) is 47.7 Å². The number of carboxylic acids is 1. The van der Waals surface area contributed by atoms with Gasteiger partial charge in [0, 0.05) is 12.6 Å². The predicted octanol–water partition coefficient (Wildman–Crippen LogP) is 2.73.